The van der Waals surface area contributed by atoms with Gasteiger partial charge in [-0.05, 0) is 54.9 Å². The zero-order chi connectivity index (χ0) is 17.4. The van der Waals surface area contributed by atoms with Crippen LogP contribution in [0.1, 0.15) is 38.2 Å². The number of amides is 1. The van der Waals surface area contributed by atoms with Crippen molar-refractivity contribution in [2.24, 2.45) is 5.92 Å². The molecule has 25 heavy (non-hydrogen) atoms. The molecule has 1 heterocycles. The van der Waals surface area contributed by atoms with Gasteiger partial charge in [-0.25, -0.2) is 0 Å². The Kier molecular flexibility index (Phi) is 4.24. The van der Waals surface area contributed by atoms with Crippen LogP contribution in [0.4, 0.5) is 5.69 Å². The van der Waals surface area contributed by atoms with E-state index >= 15 is 0 Å². The number of carbonyl (C=O) groups is 1. The van der Waals surface area contributed by atoms with Gasteiger partial charge in [0.1, 0.15) is 5.75 Å². The maximum atomic E-state index is 12.7. The summed E-state index contributed by atoms with van der Waals surface area (Å²) < 4.78 is 5.51. The number of methoxy groups -OCH3 is 1. The van der Waals surface area contributed by atoms with E-state index in [4.69, 9.17) is 4.74 Å². The second kappa shape index (κ2) is 6.55. The third kappa shape index (κ3) is 2.92. The first-order chi connectivity index (χ1) is 12.2. The first-order valence-electron chi connectivity index (χ1n) is 9.25. The summed E-state index contributed by atoms with van der Waals surface area (Å²) in [6.07, 6.45) is 5.20. The van der Waals surface area contributed by atoms with Gasteiger partial charge in [0.2, 0.25) is 5.91 Å². The number of nitrogens with zero attached hydrogens (tertiary/aromatic N) is 1. The second-order valence-corrected chi connectivity index (χ2v) is 7.40. The van der Waals surface area contributed by atoms with Crippen LogP contribution in [-0.2, 0) is 11.2 Å². The molecule has 0 bridgehead atoms. The number of hydrogen-bond donors (Lipinski definition) is 0. The Balaban J connectivity index is 1.71. The number of fused-ring (bicyclic) bond motifs is 1. The van der Waals surface area contributed by atoms with Crippen molar-refractivity contribution in [2.45, 2.75) is 45.1 Å². The number of ether oxygens (including phenoxy) is 1. The van der Waals surface area contributed by atoms with Crippen LogP contribution in [-0.4, -0.2) is 19.1 Å². The Labute approximate surface area is 149 Å². The van der Waals surface area contributed by atoms with E-state index in [1.165, 1.54) is 12.8 Å². The van der Waals surface area contributed by atoms with Crippen LogP contribution in [0.5, 0.6) is 5.75 Å². The van der Waals surface area contributed by atoms with Crippen molar-refractivity contribution >= 4 is 11.6 Å². The number of para-hydroxylation sites is 1. The predicted molar refractivity (Wildman–Crippen MR) is 101 cm³/mol. The third-order valence-corrected chi connectivity index (χ3v) is 5.72. The lowest BCUT2D eigenvalue weighted by atomic mass is 9.86. The summed E-state index contributed by atoms with van der Waals surface area (Å²) in [5.41, 5.74) is 4.44. The Bertz CT molecular complexity index is 790. The first kappa shape index (κ1) is 16.2. The van der Waals surface area contributed by atoms with Gasteiger partial charge in [0, 0.05) is 17.3 Å². The van der Waals surface area contributed by atoms with E-state index in [0.717, 1.165) is 46.9 Å². The number of rotatable bonds is 3. The maximum absolute atomic E-state index is 12.7. The Morgan fingerprint density at radius 1 is 1.04 bits per heavy atom. The molecule has 1 aliphatic carbocycles. The molecule has 0 aromatic heterocycles. The molecule has 1 aliphatic heterocycles. The Morgan fingerprint density at radius 3 is 2.56 bits per heavy atom. The summed E-state index contributed by atoms with van der Waals surface area (Å²) >= 11 is 0. The zero-order valence-corrected chi connectivity index (χ0v) is 15.0. The molecule has 0 atom stereocenters. The quantitative estimate of drug-likeness (QED) is 0.804. The fourth-order valence-corrected chi connectivity index (χ4v) is 4.27. The molecule has 0 spiro atoms. The summed E-state index contributed by atoms with van der Waals surface area (Å²) in [6, 6.07) is 14.8. The Hall–Kier alpha value is -2.29. The standard InChI is InChI=1S/C22H25NO2/c1-15-7-11-18(12-8-15)23-20-13-16(9-10-17(20)14-22(23)24)19-5-3-4-6-21(19)25-2/h3-6,9-10,13,15,18H,7-8,11-12,14H2,1-2H3. The summed E-state index contributed by atoms with van der Waals surface area (Å²) in [4.78, 5) is 14.8. The average molecular weight is 335 g/mol. The van der Waals surface area contributed by atoms with Crippen LogP contribution < -0.4 is 9.64 Å². The van der Waals surface area contributed by atoms with E-state index in [1.54, 1.807) is 7.11 Å². The SMILES string of the molecule is COc1ccccc1-c1ccc2c(c1)N(C1CCC(C)CC1)C(=O)C2. The lowest BCUT2D eigenvalue weighted by molar-refractivity contribution is -0.118. The fourth-order valence-electron chi connectivity index (χ4n) is 4.27. The highest BCUT2D eigenvalue weighted by Crippen LogP contribution is 2.40. The third-order valence-electron chi connectivity index (χ3n) is 5.72. The molecule has 2 aromatic carbocycles. The van der Waals surface area contributed by atoms with Crippen LogP contribution in [0.15, 0.2) is 42.5 Å². The monoisotopic (exact) mass is 335 g/mol. The average Bonchev–Trinajstić information content (AvgIpc) is 2.97. The van der Waals surface area contributed by atoms with Crippen molar-refractivity contribution in [3.05, 3.63) is 48.0 Å². The molecular formula is C22H25NO2. The van der Waals surface area contributed by atoms with Crippen molar-refractivity contribution in [3.8, 4) is 16.9 Å². The molecule has 2 aliphatic rings. The zero-order valence-electron chi connectivity index (χ0n) is 15.0. The van der Waals surface area contributed by atoms with Gasteiger partial charge in [-0.1, -0.05) is 37.3 Å². The lowest BCUT2D eigenvalue weighted by Crippen LogP contribution is -2.40. The van der Waals surface area contributed by atoms with E-state index in [2.05, 4.69) is 36.1 Å². The van der Waals surface area contributed by atoms with Gasteiger partial charge in [0.05, 0.1) is 13.5 Å². The van der Waals surface area contributed by atoms with Crippen molar-refractivity contribution in [1.82, 2.24) is 0 Å². The number of benzene rings is 2. The molecule has 0 radical (unpaired) electrons. The largest absolute Gasteiger partial charge is 0.496 e. The predicted octanol–water partition coefficient (Wildman–Crippen LogP) is 4.83. The van der Waals surface area contributed by atoms with Crippen LogP contribution in [0, 0.1) is 5.92 Å². The topological polar surface area (TPSA) is 29.5 Å². The second-order valence-electron chi connectivity index (χ2n) is 7.40. The molecule has 1 fully saturated rings. The maximum Gasteiger partial charge on any atom is 0.231 e. The minimum absolute atomic E-state index is 0.256. The summed E-state index contributed by atoms with van der Waals surface area (Å²) in [5.74, 6) is 1.91. The van der Waals surface area contributed by atoms with Gasteiger partial charge in [0.15, 0.2) is 0 Å². The van der Waals surface area contributed by atoms with Gasteiger partial charge in [-0.2, -0.15) is 0 Å². The number of carbonyl (C=O) groups excluding carboxylic acids is 1. The molecule has 3 nitrogen and oxygen atoms in total. The molecular weight excluding hydrogens is 310 g/mol. The van der Waals surface area contributed by atoms with Crippen LogP contribution in [0.3, 0.4) is 0 Å². The number of hydrogen-bond acceptors (Lipinski definition) is 2. The highest BCUT2D eigenvalue weighted by atomic mass is 16.5. The van der Waals surface area contributed by atoms with Crippen LogP contribution in [0.25, 0.3) is 11.1 Å². The molecule has 3 heteroatoms. The highest BCUT2D eigenvalue weighted by molar-refractivity contribution is 6.02. The lowest BCUT2D eigenvalue weighted by Gasteiger charge is -2.34. The van der Waals surface area contributed by atoms with Crippen molar-refractivity contribution in [3.63, 3.8) is 0 Å². The van der Waals surface area contributed by atoms with Crippen molar-refractivity contribution < 1.29 is 9.53 Å². The number of anilines is 1. The van der Waals surface area contributed by atoms with Crippen molar-refractivity contribution in [2.75, 3.05) is 12.0 Å². The van der Waals surface area contributed by atoms with Gasteiger partial charge >= 0.3 is 0 Å². The van der Waals surface area contributed by atoms with E-state index in [-0.39, 0.29) is 5.91 Å². The summed E-state index contributed by atoms with van der Waals surface area (Å²) in [6.45, 7) is 2.32. The van der Waals surface area contributed by atoms with E-state index < -0.39 is 0 Å². The van der Waals surface area contributed by atoms with Gasteiger partial charge < -0.3 is 9.64 Å². The first-order valence-corrected chi connectivity index (χ1v) is 9.25. The molecule has 0 unspecified atom stereocenters. The van der Waals surface area contributed by atoms with E-state index in [9.17, 15) is 4.79 Å². The van der Waals surface area contributed by atoms with Gasteiger partial charge in [0.25, 0.3) is 0 Å². The highest BCUT2D eigenvalue weighted by Gasteiger charge is 2.34. The molecule has 4 rings (SSSR count). The summed E-state index contributed by atoms with van der Waals surface area (Å²) in [7, 11) is 1.70. The van der Waals surface area contributed by atoms with Crippen LogP contribution >= 0.6 is 0 Å². The molecule has 2 aromatic rings. The summed E-state index contributed by atoms with van der Waals surface area (Å²) in [5, 5.41) is 0. The van der Waals surface area contributed by atoms with Crippen LogP contribution in [0.2, 0.25) is 0 Å². The minimum atomic E-state index is 0.256. The minimum Gasteiger partial charge on any atom is -0.496 e. The molecule has 1 saturated carbocycles. The smallest absolute Gasteiger partial charge is 0.231 e. The van der Waals surface area contributed by atoms with Gasteiger partial charge in [-0.15, -0.1) is 0 Å². The Morgan fingerprint density at radius 2 is 1.80 bits per heavy atom. The molecule has 0 N–H and O–H groups in total. The fraction of sp³-hybridized carbons (Fsp3) is 0.409. The molecule has 0 saturated heterocycles. The molecule has 1 amide bonds. The van der Waals surface area contributed by atoms with E-state index in [0.29, 0.717) is 12.5 Å². The van der Waals surface area contributed by atoms with E-state index in [1.807, 2.05) is 18.2 Å². The van der Waals surface area contributed by atoms with Crippen molar-refractivity contribution in [1.29, 1.82) is 0 Å². The normalized spacial score (nSPS) is 22.8. The van der Waals surface area contributed by atoms with Gasteiger partial charge in [-0.3, -0.25) is 4.79 Å². The molecule has 130 valence electrons.